The van der Waals surface area contributed by atoms with Crippen LogP contribution in [0.2, 0.25) is 0 Å². The van der Waals surface area contributed by atoms with Gasteiger partial charge in [-0.2, -0.15) is 0 Å². The van der Waals surface area contributed by atoms with Crippen LogP contribution in [-0.4, -0.2) is 23.3 Å². The predicted octanol–water partition coefficient (Wildman–Crippen LogP) is 1.05. The summed E-state index contributed by atoms with van der Waals surface area (Å²) >= 11 is 0. The van der Waals surface area contributed by atoms with Crippen molar-refractivity contribution in [2.24, 2.45) is 0 Å². The minimum Gasteiger partial charge on any atom is -0.444 e. The molecule has 1 amide bonds. The third-order valence-corrected chi connectivity index (χ3v) is 0.737. The van der Waals surface area contributed by atoms with Crippen LogP contribution < -0.4 is 5.32 Å². The number of ether oxygens (including phenoxy) is 1. The van der Waals surface area contributed by atoms with Gasteiger partial charge in [0.1, 0.15) is 5.60 Å². The van der Waals surface area contributed by atoms with E-state index in [1.54, 1.807) is 20.8 Å². The molecule has 0 saturated carbocycles. The number of aliphatic hydroxyl groups excluding tert-OH is 1. The molecule has 0 saturated heterocycles. The molecule has 0 aliphatic rings. The van der Waals surface area contributed by atoms with E-state index in [0.717, 1.165) is 6.61 Å². The summed E-state index contributed by atoms with van der Waals surface area (Å²) in [6.07, 6.45) is -0.525. The summed E-state index contributed by atoms with van der Waals surface area (Å²) in [6, 6.07) is 0. The minimum absolute atomic E-state index is 0.106. The van der Waals surface area contributed by atoms with Crippen molar-refractivity contribution < 1.29 is 14.6 Å². The highest BCUT2D eigenvalue weighted by Crippen LogP contribution is 2.05. The zero-order valence-electron chi connectivity index (χ0n) is 7.05. The van der Waals surface area contributed by atoms with Crippen LogP contribution in [0.3, 0.4) is 0 Å². The van der Waals surface area contributed by atoms with Gasteiger partial charge in [0.25, 0.3) is 0 Å². The summed E-state index contributed by atoms with van der Waals surface area (Å²) in [6.45, 7) is 6.28. The normalized spacial score (nSPS) is 10.9. The number of carbonyl (C=O) groups is 1. The van der Waals surface area contributed by atoms with Crippen LogP contribution in [0.5, 0.6) is 0 Å². The lowest BCUT2D eigenvalue weighted by Crippen LogP contribution is -2.33. The molecule has 0 atom stereocenters. The van der Waals surface area contributed by atoms with E-state index in [1.807, 2.05) is 0 Å². The maximum Gasteiger partial charge on any atom is 0.407 e. The Hall–Kier alpha value is -0.770. The standard InChI is InChI=1S/C7H14NO3/c1-7(2,3)11-6(10)8-4-5-9/h5,9H,4H2,1-3H3,(H,8,10). The molecule has 0 unspecified atom stereocenters. The highest BCUT2D eigenvalue weighted by molar-refractivity contribution is 5.67. The van der Waals surface area contributed by atoms with Gasteiger partial charge in [0.15, 0.2) is 0 Å². The largest absolute Gasteiger partial charge is 0.444 e. The van der Waals surface area contributed by atoms with E-state index >= 15 is 0 Å². The number of amides is 1. The van der Waals surface area contributed by atoms with E-state index in [9.17, 15) is 4.79 Å². The van der Waals surface area contributed by atoms with E-state index in [0.29, 0.717) is 0 Å². The molecule has 65 valence electrons. The van der Waals surface area contributed by atoms with Crippen molar-refractivity contribution in [2.45, 2.75) is 26.4 Å². The first-order valence-corrected chi connectivity index (χ1v) is 3.38. The molecule has 2 N–H and O–H groups in total. The highest BCUT2D eigenvalue weighted by Gasteiger charge is 2.14. The number of aliphatic hydroxyl groups is 1. The van der Waals surface area contributed by atoms with Crippen LogP contribution in [0.25, 0.3) is 0 Å². The van der Waals surface area contributed by atoms with Crippen molar-refractivity contribution in [2.75, 3.05) is 6.54 Å². The van der Waals surface area contributed by atoms with Crippen molar-refractivity contribution >= 4 is 6.09 Å². The fourth-order valence-corrected chi connectivity index (χ4v) is 0.443. The van der Waals surface area contributed by atoms with Gasteiger partial charge in [-0.3, -0.25) is 0 Å². The summed E-state index contributed by atoms with van der Waals surface area (Å²) in [5.41, 5.74) is -0.487. The second-order valence-corrected chi connectivity index (χ2v) is 3.07. The van der Waals surface area contributed by atoms with Gasteiger partial charge in [-0.1, -0.05) is 0 Å². The number of carbonyl (C=O) groups excluding carboxylic acids is 1. The van der Waals surface area contributed by atoms with Crippen molar-refractivity contribution in [3.8, 4) is 0 Å². The third-order valence-electron chi connectivity index (χ3n) is 0.737. The molecule has 0 bridgehead atoms. The van der Waals surface area contributed by atoms with Crippen molar-refractivity contribution in [3.05, 3.63) is 6.61 Å². The first kappa shape index (κ1) is 10.2. The van der Waals surface area contributed by atoms with E-state index in [-0.39, 0.29) is 6.54 Å². The molecule has 0 heterocycles. The van der Waals surface area contributed by atoms with E-state index < -0.39 is 11.7 Å². The minimum atomic E-state index is -0.525. The quantitative estimate of drug-likeness (QED) is 0.634. The molecule has 11 heavy (non-hydrogen) atoms. The Morgan fingerprint density at radius 2 is 2.18 bits per heavy atom. The topological polar surface area (TPSA) is 58.6 Å². The summed E-state index contributed by atoms with van der Waals surface area (Å²) in [7, 11) is 0. The van der Waals surface area contributed by atoms with Gasteiger partial charge in [0, 0.05) is 6.54 Å². The maximum absolute atomic E-state index is 10.8. The average Bonchev–Trinajstić information content (AvgIpc) is 1.79. The Balaban J connectivity index is 3.53. The fraction of sp³-hybridized carbons (Fsp3) is 0.714. The van der Waals surface area contributed by atoms with Gasteiger partial charge in [0.2, 0.25) is 0 Å². The lowest BCUT2D eigenvalue weighted by atomic mass is 10.2. The molecule has 0 spiro atoms. The average molecular weight is 160 g/mol. The van der Waals surface area contributed by atoms with Crippen molar-refractivity contribution in [3.63, 3.8) is 0 Å². The molecule has 0 fully saturated rings. The molecular weight excluding hydrogens is 146 g/mol. The second-order valence-electron chi connectivity index (χ2n) is 3.07. The Morgan fingerprint density at radius 3 is 2.55 bits per heavy atom. The van der Waals surface area contributed by atoms with Gasteiger partial charge in [0.05, 0.1) is 6.61 Å². The molecular formula is C7H14NO3. The second kappa shape index (κ2) is 4.18. The van der Waals surface area contributed by atoms with Crippen LogP contribution in [0, 0.1) is 6.61 Å². The number of hydrogen-bond acceptors (Lipinski definition) is 3. The molecule has 1 radical (unpaired) electrons. The Kier molecular flexibility index (Phi) is 3.89. The van der Waals surface area contributed by atoms with Crippen molar-refractivity contribution in [1.82, 2.24) is 5.32 Å². The van der Waals surface area contributed by atoms with Crippen LogP contribution in [0.4, 0.5) is 4.79 Å². The third kappa shape index (κ3) is 7.12. The van der Waals surface area contributed by atoms with E-state index in [2.05, 4.69) is 5.32 Å². The lowest BCUT2D eigenvalue weighted by molar-refractivity contribution is 0.0526. The maximum atomic E-state index is 10.8. The number of nitrogens with one attached hydrogen (secondary N) is 1. The van der Waals surface area contributed by atoms with Gasteiger partial charge in [-0.15, -0.1) is 0 Å². The number of rotatable bonds is 2. The molecule has 4 nitrogen and oxygen atoms in total. The Morgan fingerprint density at radius 1 is 1.64 bits per heavy atom. The molecule has 4 heteroatoms. The lowest BCUT2D eigenvalue weighted by Gasteiger charge is -2.19. The molecule has 0 aliphatic heterocycles. The van der Waals surface area contributed by atoms with Crippen LogP contribution >= 0.6 is 0 Å². The van der Waals surface area contributed by atoms with Crippen LogP contribution in [0.1, 0.15) is 20.8 Å². The fourth-order valence-electron chi connectivity index (χ4n) is 0.443. The summed E-state index contributed by atoms with van der Waals surface area (Å²) < 4.78 is 4.86. The monoisotopic (exact) mass is 160 g/mol. The molecule has 0 aromatic carbocycles. The van der Waals surface area contributed by atoms with E-state index in [4.69, 9.17) is 9.84 Å². The smallest absolute Gasteiger partial charge is 0.407 e. The summed E-state index contributed by atoms with van der Waals surface area (Å²) in [5, 5.41) is 10.5. The van der Waals surface area contributed by atoms with Gasteiger partial charge >= 0.3 is 6.09 Å². The first-order chi connectivity index (χ1) is 4.95. The van der Waals surface area contributed by atoms with Crippen molar-refractivity contribution in [1.29, 1.82) is 0 Å². The number of hydrogen-bond donors (Lipinski definition) is 2. The molecule has 0 aliphatic carbocycles. The molecule has 0 aromatic heterocycles. The summed E-state index contributed by atoms with van der Waals surface area (Å²) in [5.74, 6) is 0. The van der Waals surface area contributed by atoms with Crippen LogP contribution in [0.15, 0.2) is 0 Å². The zero-order valence-corrected chi connectivity index (χ0v) is 7.05. The molecule has 0 aromatic rings. The van der Waals surface area contributed by atoms with Gasteiger partial charge in [-0.25, -0.2) is 4.79 Å². The van der Waals surface area contributed by atoms with Gasteiger partial charge in [-0.05, 0) is 20.8 Å². The predicted molar refractivity (Wildman–Crippen MR) is 40.5 cm³/mol. The Bertz CT molecular complexity index is 128. The summed E-state index contributed by atoms with van der Waals surface area (Å²) in [4.78, 5) is 10.8. The van der Waals surface area contributed by atoms with E-state index in [1.165, 1.54) is 0 Å². The Labute approximate surface area is 66.5 Å². The van der Waals surface area contributed by atoms with Crippen LogP contribution in [-0.2, 0) is 4.74 Å². The van der Waals surface area contributed by atoms with Gasteiger partial charge < -0.3 is 15.2 Å². The number of alkyl carbamates (subject to hydrolysis) is 1. The molecule has 0 rings (SSSR count). The SMILES string of the molecule is CC(C)(C)OC(=O)NC[CH]O. The first-order valence-electron chi connectivity index (χ1n) is 3.38. The highest BCUT2D eigenvalue weighted by atomic mass is 16.6. The zero-order chi connectivity index (χ0) is 8.91.